The van der Waals surface area contributed by atoms with E-state index >= 15 is 0 Å². The van der Waals surface area contributed by atoms with Crippen molar-refractivity contribution in [1.29, 1.82) is 0 Å². The highest BCUT2D eigenvalue weighted by Gasteiger charge is 2.22. The van der Waals surface area contributed by atoms with Crippen molar-refractivity contribution in [2.24, 2.45) is 0 Å². The van der Waals surface area contributed by atoms with Gasteiger partial charge < -0.3 is 5.11 Å². The first-order valence-electron chi connectivity index (χ1n) is 3.38. The fourth-order valence-corrected chi connectivity index (χ4v) is 0.881. The normalized spacial score (nSPS) is 10.6. The molecule has 1 N–H and O–H groups in total. The molecule has 14 heavy (non-hydrogen) atoms. The standard InChI is InChI=1S/C7H4F3NO3/c8-4-2-6(12)5(11(13)14)1-3(4)7(9)10/h1-2,7,12H. The number of aromatic hydroxyl groups is 1. The van der Waals surface area contributed by atoms with Gasteiger partial charge in [0.25, 0.3) is 6.43 Å². The highest BCUT2D eigenvalue weighted by molar-refractivity contribution is 5.48. The van der Waals surface area contributed by atoms with Gasteiger partial charge in [-0.25, -0.2) is 13.2 Å². The molecular weight excluding hydrogens is 203 g/mol. The van der Waals surface area contributed by atoms with Crippen molar-refractivity contribution in [3.8, 4) is 5.75 Å². The molecule has 1 aromatic rings. The monoisotopic (exact) mass is 207 g/mol. The number of phenolic OH excluding ortho intramolecular Hbond substituents is 1. The maximum atomic E-state index is 12.7. The first-order chi connectivity index (χ1) is 6.43. The van der Waals surface area contributed by atoms with E-state index in [9.17, 15) is 23.3 Å². The van der Waals surface area contributed by atoms with E-state index in [1.807, 2.05) is 0 Å². The lowest BCUT2D eigenvalue weighted by Crippen LogP contribution is -1.95. The van der Waals surface area contributed by atoms with E-state index in [1.165, 1.54) is 0 Å². The second-order valence-electron chi connectivity index (χ2n) is 2.42. The Morgan fingerprint density at radius 3 is 2.43 bits per heavy atom. The number of nitrogens with zero attached hydrogens (tertiary/aromatic N) is 1. The smallest absolute Gasteiger partial charge is 0.311 e. The number of alkyl halides is 2. The summed E-state index contributed by atoms with van der Waals surface area (Å²) in [6.07, 6.45) is -3.16. The van der Waals surface area contributed by atoms with Crippen molar-refractivity contribution in [1.82, 2.24) is 0 Å². The Hall–Kier alpha value is -1.79. The Morgan fingerprint density at radius 2 is 2.00 bits per heavy atom. The molecule has 7 heteroatoms. The number of hydrogen-bond donors (Lipinski definition) is 1. The summed E-state index contributed by atoms with van der Waals surface area (Å²) in [6, 6.07) is 0.606. The summed E-state index contributed by atoms with van der Waals surface area (Å²) in [4.78, 5) is 9.12. The zero-order chi connectivity index (χ0) is 10.9. The van der Waals surface area contributed by atoms with Crippen LogP contribution < -0.4 is 0 Å². The lowest BCUT2D eigenvalue weighted by molar-refractivity contribution is -0.386. The number of hydrogen-bond acceptors (Lipinski definition) is 3. The van der Waals surface area contributed by atoms with Crippen molar-refractivity contribution in [2.75, 3.05) is 0 Å². The zero-order valence-electron chi connectivity index (χ0n) is 6.58. The third-order valence-electron chi connectivity index (χ3n) is 1.53. The summed E-state index contributed by atoms with van der Waals surface area (Å²) in [7, 11) is 0. The molecule has 0 heterocycles. The number of halogens is 3. The van der Waals surface area contributed by atoms with Gasteiger partial charge in [-0.05, 0) is 0 Å². The van der Waals surface area contributed by atoms with Gasteiger partial charge in [0.05, 0.1) is 10.5 Å². The van der Waals surface area contributed by atoms with Gasteiger partial charge in [0.1, 0.15) is 5.82 Å². The molecule has 0 saturated heterocycles. The lowest BCUT2D eigenvalue weighted by Gasteiger charge is -2.02. The minimum Gasteiger partial charge on any atom is -0.502 e. The molecule has 1 rings (SSSR count). The van der Waals surface area contributed by atoms with Gasteiger partial charge >= 0.3 is 5.69 Å². The number of nitro groups is 1. The van der Waals surface area contributed by atoms with Crippen LogP contribution >= 0.6 is 0 Å². The third kappa shape index (κ3) is 1.76. The van der Waals surface area contributed by atoms with Crippen LogP contribution in [0, 0.1) is 15.9 Å². The van der Waals surface area contributed by atoms with Crippen LogP contribution in [0.2, 0.25) is 0 Å². The van der Waals surface area contributed by atoms with Crippen LogP contribution in [-0.2, 0) is 0 Å². The highest BCUT2D eigenvalue weighted by atomic mass is 19.3. The first-order valence-corrected chi connectivity index (χ1v) is 3.38. The van der Waals surface area contributed by atoms with E-state index < -0.39 is 34.2 Å². The molecule has 0 fully saturated rings. The number of rotatable bonds is 2. The van der Waals surface area contributed by atoms with Crippen molar-refractivity contribution in [3.05, 3.63) is 33.6 Å². The van der Waals surface area contributed by atoms with E-state index in [2.05, 4.69) is 0 Å². The molecule has 1 aromatic carbocycles. The van der Waals surface area contributed by atoms with Crippen LogP contribution in [0.3, 0.4) is 0 Å². The quantitative estimate of drug-likeness (QED) is 0.598. The third-order valence-corrected chi connectivity index (χ3v) is 1.53. The molecular formula is C7H4F3NO3. The summed E-state index contributed by atoms with van der Waals surface area (Å²) < 4.78 is 36.8. The molecule has 0 aliphatic carbocycles. The number of benzene rings is 1. The largest absolute Gasteiger partial charge is 0.502 e. The Morgan fingerprint density at radius 1 is 1.43 bits per heavy atom. The molecule has 0 radical (unpaired) electrons. The molecule has 0 aliphatic heterocycles. The van der Waals surface area contributed by atoms with E-state index in [1.54, 1.807) is 0 Å². The fraction of sp³-hybridized carbons (Fsp3) is 0.143. The van der Waals surface area contributed by atoms with Crippen molar-refractivity contribution < 1.29 is 23.2 Å². The SMILES string of the molecule is O=[N+]([O-])c1cc(C(F)F)c(F)cc1O. The topological polar surface area (TPSA) is 63.4 Å². The van der Waals surface area contributed by atoms with Gasteiger partial charge in [-0.15, -0.1) is 0 Å². The number of nitro benzene ring substituents is 1. The summed E-state index contributed by atoms with van der Waals surface area (Å²) in [5.41, 5.74) is -2.05. The molecule has 0 spiro atoms. The van der Waals surface area contributed by atoms with Crippen LogP contribution in [-0.4, -0.2) is 10.0 Å². The Labute approximate surface area is 75.7 Å². The second-order valence-corrected chi connectivity index (χ2v) is 2.42. The van der Waals surface area contributed by atoms with Crippen molar-refractivity contribution in [2.45, 2.75) is 6.43 Å². The maximum absolute atomic E-state index is 12.7. The zero-order valence-corrected chi connectivity index (χ0v) is 6.58. The van der Waals surface area contributed by atoms with Crippen molar-refractivity contribution >= 4 is 5.69 Å². The van der Waals surface area contributed by atoms with Gasteiger partial charge in [-0.2, -0.15) is 0 Å². The Balaban J connectivity index is 3.34. The predicted molar refractivity (Wildman–Crippen MR) is 39.7 cm³/mol. The summed E-state index contributed by atoms with van der Waals surface area (Å²) >= 11 is 0. The van der Waals surface area contributed by atoms with E-state index in [0.717, 1.165) is 0 Å². The second kappa shape index (κ2) is 3.52. The summed E-state index contributed by atoms with van der Waals surface area (Å²) in [6.45, 7) is 0. The predicted octanol–water partition coefficient (Wildman–Crippen LogP) is 2.38. The molecule has 0 amide bonds. The average Bonchev–Trinajstić information content (AvgIpc) is 2.02. The highest BCUT2D eigenvalue weighted by Crippen LogP contribution is 2.32. The molecule has 0 aliphatic rings. The molecule has 0 bridgehead atoms. The van der Waals surface area contributed by atoms with E-state index in [0.29, 0.717) is 12.1 Å². The van der Waals surface area contributed by atoms with Crippen LogP contribution in [0.1, 0.15) is 12.0 Å². The van der Waals surface area contributed by atoms with E-state index in [-0.39, 0.29) is 0 Å². The van der Waals surface area contributed by atoms with Crippen LogP contribution in [0.25, 0.3) is 0 Å². The Bertz CT molecular complexity index is 381. The minimum atomic E-state index is -3.16. The van der Waals surface area contributed by atoms with Gasteiger partial charge in [-0.1, -0.05) is 0 Å². The van der Waals surface area contributed by atoms with Gasteiger partial charge in [0.15, 0.2) is 5.75 Å². The summed E-state index contributed by atoms with van der Waals surface area (Å²) in [5.74, 6) is -2.35. The van der Waals surface area contributed by atoms with Crippen LogP contribution in [0.5, 0.6) is 5.75 Å². The van der Waals surface area contributed by atoms with E-state index in [4.69, 9.17) is 5.11 Å². The first kappa shape index (κ1) is 10.3. The van der Waals surface area contributed by atoms with Gasteiger partial charge in [0.2, 0.25) is 0 Å². The van der Waals surface area contributed by atoms with Crippen molar-refractivity contribution in [3.63, 3.8) is 0 Å². The Kier molecular flexibility index (Phi) is 2.59. The maximum Gasteiger partial charge on any atom is 0.311 e. The molecule has 76 valence electrons. The minimum absolute atomic E-state index is 0.291. The molecule has 0 unspecified atom stereocenters. The average molecular weight is 207 g/mol. The lowest BCUT2D eigenvalue weighted by atomic mass is 10.2. The fourth-order valence-electron chi connectivity index (χ4n) is 0.881. The van der Waals surface area contributed by atoms with Crippen LogP contribution in [0.4, 0.5) is 18.9 Å². The van der Waals surface area contributed by atoms with Crippen LogP contribution in [0.15, 0.2) is 12.1 Å². The molecule has 0 saturated carbocycles. The molecule has 4 nitrogen and oxygen atoms in total. The number of phenols is 1. The molecule has 0 atom stereocenters. The van der Waals surface area contributed by atoms with Gasteiger partial charge in [-0.3, -0.25) is 10.1 Å². The van der Waals surface area contributed by atoms with Gasteiger partial charge in [0, 0.05) is 12.1 Å². The molecule has 0 aromatic heterocycles. The summed E-state index contributed by atoms with van der Waals surface area (Å²) in [5, 5.41) is 19.0.